The average molecular weight is 241 g/mol. The summed E-state index contributed by atoms with van der Waals surface area (Å²) in [6.07, 6.45) is -0.119. The zero-order chi connectivity index (χ0) is 12.0. The highest BCUT2D eigenvalue weighted by Crippen LogP contribution is 2.10. The fourth-order valence-electron chi connectivity index (χ4n) is 1.44. The van der Waals surface area contributed by atoms with Crippen molar-refractivity contribution in [3.8, 4) is 0 Å². The van der Waals surface area contributed by atoms with E-state index in [9.17, 15) is 4.21 Å². The van der Waals surface area contributed by atoms with Gasteiger partial charge in [0, 0.05) is 18.0 Å². The van der Waals surface area contributed by atoms with Crippen molar-refractivity contribution >= 4 is 10.8 Å². The van der Waals surface area contributed by atoms with Crippen molar-refractivity contribution in [2.45, 2.75) is 24.8 Å². The van der Waals surface area contributed by atoms with Gasteiger partial charge in [-0.2, -0.15) is 0 Å². The van der Waals surface area contributed by atoms with E-state index in [2.05, 4.69) is 0 Å². The Kier molecular flexibility index (Phi) is 5.66. The summed E-state index contributed by atoms with van der Waals surface area (Å²) in [6.45, 7) is 4.92. The van der Waals surface area contributed by atoms with Crippen molar-refractivity contribution in [3.05, 3.63) is 29.8 Å². The maximum atomic E-state index is 12.0. The summed E-state index contributed by atoms with van der Waals surface area (Å²) in [5, 5.41) is 0. The van der Waals surface area contributed by atoms with E-state index in [1.165, 1.54) is 0 Å². The molecule has 0 bridgehead atoms. The first-order valence-corrected chi connectivity index (χ1v) is 6.76. The molecule has 0 amide bonds. The molecule has 4 heteroatoms. The normalized spacial score (nSPS) is 14.7. The summed E-state index contributed by atoms with van der Waals surface area (Å²) in [4.78, 5) is 0.846. The van der Waals surface area contributed by atoms with E-state index in [4.69, 9.17) is 10.5 Å². The molecule has 90 valence electrons. The highest BCUT2D eigenvalue weighted by atomic mass is 32.2. The van der Waals surface area contributed by atoms with Crippen molar-refractivity contribution in [1.82, 2.24) is 0 Å². The second-order valence-electron chi connectivity index (χ2n) is 3.64. The predicted octanol–water partition coefficient (Wildman–Crippen LogP) is 1.47. The van der Waals surface area contributed by atoms with E-state index >= 15 is 0 Å². The number of aryl methyl sites for hydroxylation is 1. The topological polar surface area (TPSA) is 52.3 Å². The quantitative estimate of drug-likeness (QED) is 0.820. The predicted molar refractivity (Wildman–Crippen MR) is 66.9 cm³/mol. The molecular weight excluding hydrogens is 222 g/mol. The lowest BCUT2D eigenvalue weighted by Crippen LogP contribution is -2.29. The van der Waals surface area contributed by atoms with Gasteiger partial charge in [-0.3, -0.25) is 4.21 Å². The minimum absolute atomic E-state index is 0.119. The van der Waals surface area contributed by atoms with Crippen LogP contribution < -0.4 is 5.73 Å². The zero-order valence-corrected chi connectivity index (χ0v) is 10.6. The van der Waals surface area contributed by atoms with E-state index in [0.29, 0.717) is 18.9 Å². The molecule has 16 heavy (non-hydrogen) atoms. The molecule has 0 aromatic heterocycles. The molecule has 0 heterocycles. The third-order valence-corrected chi connectivity index (χ3v) is 3.71. The van der Waals surface area contributed by atoms with Gasteiger partial charge >= 0.3 is 0 Å². The number of ether oxygens (including phenoxy) is 1. The molecule has 2 atom stereocenters. The standard InChI is InChI=1S/C12H19NO2S/c1-3-15-11(8-13)9-16(14)12-6-4-5-10(2)7-12/h4-7,11H,3,8-9,13H2,1-2H3. The largest absolute Gasteiger partial charge is 0.376 e. The lowest BCUT2D eigenvalue weighted by molar-refractivity contribution is 0.0852. The molecule has 2 N–H and O–H groups in total. The van der Waals surface area contributed by atoms with E-state index < -0.39 is 10.8 Å². The summed E-state index contributed by atoms with van der Waals surface area (Å²) in [5.74, 6) is 0.466. The van der Waals surface area contributed by atoms with Gasteiger partial charge in [-0.1, -0.05) is 12.1 Å². The molecule has 0 saturated carbocycles. The third kappa shape index (κ3) is 4.04. The number of rotatable bonds is 6. The van der Waals surface area contributed by atoms with Crippen molar-refractivity contribution in [2.75, 3.05) is 18.9 Å². The van der Waals surface area contributed by atoms with Gasteiger partial charge in [-0.15, -0.1) is 0 Å². The second-order valence-corrected chi connectivity index (χ2v) is 5.14. The Morgan fingerprint density at radius 1 is 1.50 bits per heavy atom. The Hall–Kier alpha value is -0.710. The molecule has 1 aromatic rings. The maximum Gasteiger partial charge on any atom is 0.0815 e. The molecule has 0 aliphatic carbocycles. The average Bonchev–Trinajstić information content (AvgIpc) is 2.28. The number of nitrogens with two attached hydrogens (primary N) is 1. The van der Waals surface area contributed by atoms with Crippen molar-refractivity contribution in [1.29, 1.82) is 0 Å². The van der Waals surface area contributed by atoms with Crippen LogP contribution >= 0.6 is 0 Å². The zero-order valence-electron chi connectivity index (χ0n) is 9.81. The van der Waals surface area contributed by atoms with Crippen LogP contribution in [-0.4, -0.2) is 29.2 Å². The first kappa shape index (κ1) is 13.4. The number of benzene rings is 1. The van der Waals surface area contributed by atoms with E-state index in [0.717, 1.165) is 10.5 Å². The molecule has 0 radical (unpaired) electrons. The Morgan fingerprint density at radius 3 is 2.81 bits per heavy atom. The molecule has 1 aromatic carbocycles. The van der Waals surface area contributed by atoms with Gasteiger partial charge in [-0.05, 0) is 31.5 Å². The van der Waals surface area contributed by atoms with Crippen LogP contribution in [0.2, 0.25) is 0 Å². The fourth-order valence-corrected chi connectivity index (χ4v) is 2.75. The monoisotopic (exact) mass is 241 g/mol. The van der Waals surface area contributed by atoms with Gasteiger partial charge in [0.25, 0.3) is 0 Å². The highest BCUT2D eigenvalue weighted by Gasteiger charge is 2.12. The van der Waals surface area contributed by atoms with Gasteiger partial charge < -0.3 is 10.5 Å². The minimum atomic E-state index is -1.03. The lowest BCUT2D eigenvalue weighted by Gasteiger charge is -2.14. The molecule has 1 rings (SSSR count). The smallest absolute Gasteiger partial charge is 0.0815 e. The summed E-state index contributed by atoms with van der Waals surface area (Å²) < 4.78 is 17.4. The fraction of sp³-hybridized carbons (Fsp3) is 0.500. The molecule has 0 saturated heterocycles. The van der Waals surface area contributed by atoms with Gasteiger partial charge in [0.2, 0.25) is 0 Å². The molecule has 3 nitrogen and oxygen atoms in total. The molecular formula is C12H19NO2S. The molecule has 2 unspecified atom stereocenters. The van der Waals surface area contributed by atoms with E-state index in [1.54, 1.807) is 0 Å². The Balaban J connectivity index is 2.64. The van der Waals surface area contributed by atoms with Crippen LogP contribution in [0.1, 0.15) is 12.5 Å². The second kappa shape index (κ2) is 6.78. The van der Waals surface area contributed by atoms with Crippen LogP contribution in [0, 0.1) is 6.92 Å². The first-order valence-electron chi connectivity index (χ1n) is 5.44. The first-order chi connectivity index (χ1) is 7.67. The van der Waals surface area contributed by atoms with Crippen molar-refractivity contribution in [2.24, 2.45) is 5.73 Å². The minimum Gasteiger partial charge on any atom is -0.376 e. The molecule has 0 fully saturated rings. The van der Waals surface area contributed by atoms with Gasteiger partial charge in [-0.25, -0.2) is 0 Å². The summed E-state index contributed by atoms with van der Waals surface area (Å²) >= 11 is 0. The number of hydrogen-bond donors (Lipinski definition) is 1. The molecule has 0 spiro atoms. The third-order valence-electron chi connectivity index (χ3n) is 2.25. The van der Waals surface area contributed by atoms with Crippen LogP contribution in [0.25, 0.3) is 0 Å². The van der Waals surface area contributed by atoms with Gasteiger partial charge in [0.15, 0.2) is 0 Å². The Bertz CT molecular complexity index is 355. The van der Waals surface area contributed by atoms with E-state index in [1.807, 2.05) is 38.1 Å². The Labute approximate surface area is 99.4 Å². The summed E-state index contributed by atoms with van der Waals surface area (Å²) in [7, 11) is -1.03. The van der Waals surface area contributed by atoms with Crippen LogP contribution in [0.15, 0.2) is 29.2 Å². The highest BCUT2D eigenvalue weighted by molar-refractivity contribution is 7.85. The van der Waals surface area contributed by atoms with Gasteiger partial charge in [0.1, 0.15) is 0 Å². The van der Waals surface area contributed by atoms with Crippen LogP contribution in [-0.2, 0) is 15.5 Å². The summed E-state index contributed by atoms with van der Waals surface area (Å²) in [6, 6.07) is 7.72. The van der Waals surface area contributed by atoms with Gasteiger partial charge in [0.05, 0.1) is 22.7 Å². The van der Waals surface area contributed by atoms with Crippen LogP contribution in [0.5, 0.6) is 0 Å². The Morgan fingerprint density at radius 2 is 2.25 bits per heavy atom. The molecule has 0 aliphatic rings. The summed E-state index contributed by atoms with van der Waals surface area (Å²) in [5.41, 5.74) is 6.67. The maximum absolute atomic E-state index is 12.0. The molecule has 0 aliphatic heterocycles. The van der Waals surface area contributed by atoms with Crippen LogP contribution in [0.3, 0.4) is 0 Å². The number of hydrogen-bond acceptors (Lipinski definition) is 3. The van der Waals surface area contributed by atoms with Crippen molar-refractivity contribution < 1.29 is 8.95 Å². The SMILES string of the molecule is CCOC(CN)CS(=O)c1cccc(C)c1. The van der Waals surface area contributed by atoms with Crippen LogP contribution in [0.4, 0.5) is 0 Å². The van der Waals surface area contributed by atoms with Crippen molar-refractivity contribution in [3.63, 3.8) is 0 Å². The van der Waals surface area contributed by atoms with E-state index in [-0.39, 0.29) is 6.10 Å². The lowest BCUT2D eigenvalue weighted by atomic mass is 10.2.